The van der Waals surface area contributed by atoms with Gasteiger partial charge in [-0.1, -0.05) is 30.1 Å². The van der Waals surface area contributed by atoms with Crippen LogP contribution in [0.5, 0.6) is 0 Å². The van der Waals surface area contributed by atoms with Crippen molar-refractivity contribution in [3.05, 3.63) is 40.0 Å². The van der Waals surface area contributed by atoms with Gasteiger partial charge in [0.05, 0.1) is 0 Å². The fraction of sp³-hybridized carbons (Fsp3) is 0.412. The van der Waals surface area contributed by atoms with Crippen LogP contribution in [0.1, 0.15) is 25.5 Å². The normalized spacial score (nSPS) is 18.1. The Labute approximate surface area is 146 Å². The smallest absolute Gasteiger partial charge is 0.227 e. The van der Waals surface area contributed by atoms with Crippen LogP contribution in [0, 0.1) is 12.8 Å². The van der Waals surface area contributed by atoms with Crippen LogP contribution in [-0.4, -0.2) is 23.1 Å². The van der Waals surface area contributed by atoms with Crippen molar-refractivity contribution in [2.75, 3.05) is 23.3 Å². The van der Waals surface area contributed by atoms with E-state index in [2.05, 4.69) is 27.1 Å². The fourth-order valence-electron chi connectivity index (χ4n) is 2.90. The number of hydrogen-bond donors (Lipinski definition) is 1. The van der Waals surface area contributed by atoms with E-state index in [4.69, 9.17) is 23.2 Å². The molecule has 1 aliphatic rings. The van der Waals surface area contributed by atoms with Gasteiger partial charge < -0.3 is 10.2 Å². The Morgan fingerprint density at radius 3 is 2.57 bits per heavy atom. The topological polar surface area (TPSA) is 41.1 Å². The van der Waals surface area contributed by atoms with Crippen LogP contribution in [0.2, 0.25) is 10.0 Å². The van der Waals surface area contributed by atoms with Crippen molar-refractivity contribution in [1.82, 2.24) is 9.97 Å². The van der Waals surface area contributed by atoms with Gasteiger partial charge in [-0.25, -0.2) is 4.98 Å². The zero-order valence-electron chi connectivity index (χ0n) is 13.3. The highest BCUT2D eigenvalue weighted by Gasteiger charge is 2.19. The van der Waals surface area contributed by atoms with Crippen molar-refractivity contribution in [3.8, 4) is 0 Å². The van der Waals surface area contributed by atoms with Crippen LogP contribution in [0.15, 0.2) is 24.3 Å². The number of aryl methyl sites for hydroxylation is 1. The van der Waals surface area contributed by atoms with E-state index in [0.717, 1.165) is 36.2 Å². The highest BCUT2D eigenvalue weighted by molar-refractivity contribution is 6.35. The molecule has 1 fully saturated rings. The number of nitrogens with one attached hydrogen (secondary N) is 1. The Bertz CT molecular complexity index is 685. The van der Waals surface area contributed by atoms with E-state index >= 15 is 0 Å². The monoisotopic (exact) mass is 350 g/mol. The summed E-state index contributed by atoms with van der Waals surface area (Å²) in [6.45, 7) is 6.27. The van der Waals surface area contributed by atoms with Gasteiger partial charge in [0, 0.05) is 40.6 Å². The molecular weight excluding hydrogens is 331 g/mol. The molecule has 1 unspecified atom stereocenters. The van der Waals surface area contributed by atoms with Crippen LogP contribution in [-0.2, 0) is 0 Å². The number of halogens is 2. The second kappa shape index (κ2) is 6.93. The molecule has 1 saturated heterocycles. The Hall–Kier alpha value is -1.52. The lowest BCUT2D eigenvalue weighted by Crippen LogP contribution is -2.35. The maximum atomic E-state index is 6.05. The zero-order valence-corrected chi connectivity index (χ0v) is 14.8. The second-order valence-electron chi connectivity index (χ2n) is 6.17. The summed E-state index contributed by atoms with van der Waals surface area (Å²) in [6.07, 6.45) is 2.46. The van der Waals surface area contributed by atoms with Crippen molar-refractivity contribution >= 4 is 40.7 Å². The molecule has 0 aliphatic carbocycles. The first-order valence-electron chi connectivity index (χ1n) is 7.83. The standard InChI is InChI=1S/C17H20Cl2N4/c1-11-4-3-5-23(10-11)17-20-12(2)6-16(22-17)21-15-8-13(18)7-14(19)9-15/h6-9,11H,3-5,10H2,1-2H3,(H,20,21,22). The Morgan fingerprint density at radius 1 is 1.13 bits per heavy atom. The summed E-state index contributed by atoms with van der Waals surface area (Å²) < 4.78 is 0. The molecule has 4 nitrogen and oxygen atoms in total. The van der Waals surface area contributed by atoms with E-state index in [-0.39, 0.29) is 0 Å². The summed E-state index contributed by atoms with van der Waals surface area (Å²) in [5.41, 5.74) is 1.75. The molecule has 6 heteroatoms. The molecule has 0 spiro atoms. The average Bonchev–Trinajstić information content (AvgIpc) is 2.45. The Balaban J connectivity index is 1.85. The summed E-state index contributed by atoms with van der Waals surface area (Å²) in [7, 11) is 0. The Morgan fingerprint density at radius 2 is 1.87 bits per heavy atom. The van der Waals surface area contributed by atoms with E-state index in [1.54, 1.807) is 6.07 Å². The lowest BCUT2D eigenvalue weighted by molar-refractivity contribution is 0.442. The molecule has 2 aromatic rings. The minimum Gasteiger partial charge on any atom is -0.340 e. The summed E-state index contributed by atoms with van der Waals surface area (Å²) in [6, 6.07) is 7.28. The molecule has 3 rings (SSSR count). The number of piperidine rings is 1. The fourth-order valence-corrected chi connectivity index (χ4v) is 3.43. The van der Waals surface area contributed by atoms with Gasteiger partial charge in [-0.15, -0.1) is 0 Å². The molecule has 1 aromatic carbocycles. The number of rotatable bonds is 3. The summed E-state index contributed by atoms with van der Waals surface area (Å²) in [5.74, 6) is 2.22. The largest absolute Gasteiger partial charge is 0.340 e. The molecule has 2 heterocycles. The van der Waals surface area contributed by atoms with Crippen molar-refractivity contribution in [1.29, 1.82) is 0 Å². The Kier molecular flexibility index (Phi) is 4.93. The minimum atomic E-state index is 0.593. The number of benzene rings is 1. The van der Waals surface area contributed by atoms with E-state index < -0.39 is 0 Å². The zero-order chi connectivity index (χ0) is 16.4. The highest BCUT2D eigenvalue weighted by Crippen LogP contribution is 2.26. The van der Waals surface area contributed by atoms with Gasteiger partial charge in [0.25, 0.3) is 0 Å². The third kappa shape index (κ3) is 4.27. The number of aromatic nitrogens is 2. The van der Waals surface area contributed by atoms with Crippen LogP contribution in [0.4, 0.5) is 17.5 Å². The summed E-state index contributed by atoms with van der Waals surface area (Å²) >= 11 is 12.1. The average molecular weight is 351 g/mol. The highest BCUT2D eigenvalue weighted by atomic mass is 35.5. The third-order valence-corrected chi connectivity index (χ3v) is 4.35. The number of nitrogens with zero attached hydrogens (tertiary/aromatic N) is 3. The molecule has 122 valence electrons. The maximum absolute atomic E-state index is 6.05. The molecule has 1 atom stereocenters. The van der Waals surface area contributed by atoms with Crippen molar-refractivity contribution in [3.63, 3.8) is 0 Å². The second-order valence-corrected chi connectivity index (χ2v) is 7.04. The van der Waals surface area contributed by atoms with Gasteiger partial charge in [-0.2, -0.15) is 4.98 Å². The van der Waals surface area contributed by atoms with Crippen LogP contribution < -0.4 is 10.2 Å². The van der Waals surface area contributed by atoms with Gasteiger partial charge >= 0.3 is 0 Å². The van der Waals surface area contributed by atoms with Crippen molar-refractivity contribution in [2.45, 2.75) is 26.7 Å². The van der Waals surface area contributed by atoms with Gasteiger partial charge in [-0.05, 0) is 43.9 Å². The molecule has 0 bridgehead atoms. The quantitative estimate of drug-likeness (QED) is 0.838. The van der Waals surface area contributed by atoms with E-state index in [1.807, 2.05) is 25.1 Å². The first-order valence-corrected chi connectivity index (χ1v) is 8.59. The van der Waals surface area contributed by atoms with Crippen LogP contribution in [0.3, 0.4) is 0 Å². The van der Waals surface area contributed by atoms with Crippen LogP contribution >= 0.6 is 23.2 Å². The molecule has 1 aromatic heterocycles. The van der Waals surface area contributed by atoms with Gasteiger partial charge in [-0.3, -0.25) is 0 Å². The molecule has 23 heavy (non-hydrogen) atoms. The summed E-state index contributed by atoms with van der Waals surface area (Å²) in [4.78, 5) is 11.5. The third-order valence-electron chi connectivity index (χ3n) is 3.92. The predicted molar refractivity (Wildman–Crippen MR) is 97.1 cm³/mol. The molecule has 0 amide bonds. The SMILES string of the molecule is Cc1cc(Nc2cc(Cl)cc(Cl)c2)nc(N2CCCC(C)C2)n1. The number of anilines is 3. The first kappa shape index (κ1) is 16.3. The maximum Gasteiger partial charge on any atom is 0.227 e. The van der Waals surface area contributed by atoms with E-state index in [9.17, 15) is 0 Å². The lowest BCUT2D eigenvalue weighted by atomic mass is 10.0. The molecule has 0 saturated carbocycles. The first-order chi connectivity index (χ1) is 11.0. The molecular formula is C17H20Cl2N4. The molecule has 1 N–H and O–H groups in total. The molecule has 0 radical (unpaired) electrons. The predicted octanol–water partition coefficient (Wildman–Crippen LogP) is 5.07. The van der Waals surface area contributed by atoms with Crippen molar-refractivity contribution < 1.29 is 0 Å². The lowest BCUT2D eigenvalue weighted by Gasteiger charge is -2.31. The van der Waals surface area contributed by atoms with E-state index in [0.29, 0.717) is 16.0 Å². The number of hydrogen-bond acceptors (Lipinski definition) is 4. The summed E-state index contributed by atoms with van der Waals surface area (Å²) in [5, 5.41) is 4.46. The van der Waals surface area contributed by atoms with Crippen LogP contribution in [0.25, 0.3) is 0 Å². The minimum absolute atomic E-state index is 0.593. The van der Waals surface area contributed by atoms with Crippen molar-refractivity contribution in [2.24, 2.45) is 5.92 Å². The van der Waals surface area contributed by atoms with Gasteiger partial charge in [0.1, 0.15) is 5.82 Å². The van der Waals surface area contributed by atoms with Gasteiger partial charge in [0.2, 0.25) is 5.95 Å². The molecule has 1 aliphatic heterocycles. The van der Waals surface area contributed by atoms with E-state index in [1.165, 1.54) is 12.8 Å². The van der Waals surface area contributed by atoms with Gasteiger partial charge in [0.15, 0.2) is 0 Å².